The summed E-state index contributed by atoms with van der Waals surface area (Å²) in [5.41, 5.74) is 1.76. The molecule has 0 spiro atoms. The molecule has 122 valence electrons. The predicted octanol–water partition coefficient (Wildman–Crippen LogP) is 3.44. The highest BCUT2D eigenvalue weighted by molar-refractivity contribution is 5.95. The zero-order valence-electron chi connectivity index (χ0n) is 12.7. The molecule has 1 heterocycles. The third-order valence-corrected chi connectivity index (χ3v) is 3.69. The van der Waals surface area contributed by atoms with Crippen molar-refractivity contribution in [2.24, 2.45) is 0 Å². The lowest BCUT2D eigenvalue weighted by Crippen LogP contribution is -2.01. The SMILES string of the molecule is O=C(CCc1ccc(O)cc1)c1cc(-c2cc(F)ccc2O)n[nH]1. The number of aromatic nitrogens is 2. The van der Waals surface area contributed by atoms with E-state index in [9.17, 15) is 19.4 Å². The van der Waals surface area contributed by atoms with Gasteiger partial charge in [0.25, 0.3) is 0 Å². The van der Waals surface area contributed by atoms with E-state index in [2.05, 4.69) is 10.2 Å². The summed E-state index contributed by atoms with van der Waals surface area (Å²) in [6.07, 6.45) is 0.792. The molecule has 0 aliphatic rings. The zero-order valence-corrected chi connectivity index (χ0v) is 12.7. The maximum absolute atomic E-state index is 13.3. The molecule has 1 aromatic heterocycles. The van der Waals surface area contributed by atoms with Crippen molar-refractivity contribution in [3.05, 3.63) is 65.6 Å². The molecule has 3 rings (SSSR count). The first-order valence-electron chi connectivity index (χ1n) is 7.38. The van der Waals surface area contributed by atoms with E-state index in [4.69, 9.17) is 0 Å². The number of nitrogens with one attached hydrogen (secondary N) is 1. The molecule has 0 aliphatic heterocycles. The van der Waals surface area contributed by atoms with Crippen molar-refractivity contribution in [1.82, 2.24) is 10.2 Å². The summed E-state index contributed by atoms with van der Waals surface area (Å²) < 4.78 is 13.3. The molecule has 0 amide bonds. The predicted molar refractivity (Wildman–Crippen MR) is 86.4 cm³/mol. The Morgan fingerprint density at radius 1 is 1.08 bits per heavy atom. The number of aromatic amines is 1. The molecule has 2 aromatic carbocycles. The Bertz CT molecular complexity index is 872. The van der Waals surface area contributed by atoms with E-state index in [-0.39, 0.29) is 29.3 Å². The first-order chi connectivity index (χ1) is 11.5. The molecule has 0 unspecified atom stereocenters. The van der Waals surface area contributed by atoms with Gasteiger partial charge in [-0.1, -0.05) is 12.1 Å². The molecule has 0 atom stereocenters. The second-order valence-corrected chi connectivity index (χ2v) is 5.42. The molecule has 3 N–H and O–H groups in total. The number of ketones is 1. The smallest absolute Gasteiger partial charge is 0.180 e. The second-order valence-electron chi connectivity index (χ2n) is 5.42. The minimum atomic E-state index is -0.494. The number of H-pyrrole nitrogens is 1. The molecule has 0 fully saturated rings. The number of nitrogens with zero attached hydrogens (tertiary/aromatic N) is 1. The Labute approximate surface area is 137 Å². The van der Waals surface area contributed by atoms with Gasteiger partial charge >= 0.3 is 0 Å². The number of phenolic OH excluding ortho intramolecular Hbond substituents is 2. The van der Waals surface area contributed by atoms with Crippen LogP contribution >= 0.6 is 0 Å². The van der Waals surface area contributed by atoms with Crippen LogP contribution in [0.3, 0.4) is 0 Å². The summed E-state index contributed by atoms with van der Waals surface area (Å²) in [7, 11) is 0. The fraction of sp³-hybridized carbons (Fsp3) is 0.111. The minimum Gasteiger partial charge on any atom is -0.508 e. The summed E-state index contributed by atoms with van der Waals surface area (Å²) in [6.45, 7) is 0. The van der Waals surface area contributed by atoms with E-state index >= 15 is 0 Å². The molecule has 0 saturated heterocycles. The number of benzene rings is 2. The summed E-state index contributed by atoms with van der Waals surface area (Å²) in [6, 6.07) is 11.7. The number of halogens is 1. The quantitative estimate of drug-likeness (QED) is 0.627. The standard InChI is InChI=1S/C18H15FN2O3/c19-12-4-8-17(23)14(9-12)15-10-16(21-20-15)18(24)7-3-11-1-5-13(22)6-2-11/h1-2,4-6,8-10,22-23H,3,7H2,(H,20,21). The van der Waals surface area contributed by atoms with Crippen LogP contribution in [-0.2, 0) is 6.42 Å². The van der Waals surface area contributed by atoms with Crippen LogP contribution in [0.2, 0.25) is 0 Å². The molecule has 0 aliphatic carbocycles. The molecule has 0 saturated carbocycles. The number of hydrogen-bond donors (Lipinski definition) is 3. The fourth-order valence-corrected chi connectivity index (χ4v) is 2.37. The topological polar surface area (TPSA) is 86.2 Å². The van der Waals surface area contributed by atoms with Crippen molar-refractivity contribution in [3.8, 4) is 22.8 Å². The van der Waals surface area contributed by atoms with Crippen molar-refractivity contribution in [2.45, 2.75) is 12.8 Å². The maximum atomic E-state index is 13.3. The maximum Gasteiger partial charge on any atom is 0.180 e. The number of aryl methyl sites for hydroxylation is 1. The van der Waals surface area contributed by atoms with E-state index in [0.29, 0.717) is 17.8 Å². The molecular weight excluding hydrogens is 311 g/mol. The highest BCUT2D eigenvalue weighted by atomic mass is 19.1. The Morgan fingerprint density at radius 3 is 2.58 bits per heavy atom. The van der Waals surface area contributed by atoms with Crippen LogP contribution in [0.25, 0.3) is 11.3 Å². The van der Waals surface area contributed by atoms with Gasteiger partial charge in [-0.3, -0.25) is 9.89 Å². The van der Waals surface area contributed by atoms with Gasteiger partial charge in [-0.05, 0) is 48.4 Å². The first-order valence-corrected chi connectivity index (χ1v) is 7.38. The molecule has 6 heteroatoms. The van der Waals surface area contributed by atoms with Crippen molar-refractivity contribution in [1.29, 1.82) is 0 Å². The van der Waals surface area contributed by atoms with Gasteiger partial charge in [-0.2, -0.15) is 5.10 Å². The largest absolute Gasteiger partial charge is 0.508 e. The molecule has 3 aromatic rings. The van der Waals surface area contributed by atoms with Crippen molar-refractivity contribution < 1.29 is 19.4 Å². The number of Topliss-reactive ketones (excluding diaryl/α,β-unsaturated/α-hetero) is 1. The average Bonchev–Trinajstić information content (AvgIpc) is 3.06. The van der Waals surface area contributed by atoms with Crippen LogP contribution in [0, 0.1) is 5.82 Å². The zero-order chi connectivity index (χ0) is 17.1. The van der Waals surface area contributed by atoms with Gasteiger partial charge in [0.15, 0.2) is 5.78 Å². The normalized spacial score (nSPS) is 10.7. The number of rotatable bonds is 5. The summed E-state index contributed by atoms with van der Waals surface area (Å²) in [5, 5.41) is 25.6. The number of hydrogen-bond acceptors (Lipinski definition) is 4. The lowest BCUT2D eigenvalue weighted by Gasteiger charge is -2.01. The number of phenols is 2. The molecule has 0 radical (unpaired) electrons. The number of carbonyl (C=O) groups is 1. The van der Waals surface area contributed by atoms with Gasteiger partial charge in [0.2, 0.25) is 0 Å². The lowest BCUT2D eigenvalue weighted by atomic mass is 10.0. The van der Waals surface area contributed by atoms with Crippen LogP contribution < -0.4 is 0 Å². The van der Waals surface area contributed by atoms with Crippen molar-refractivity contribution >= 4 is 5.78 Å². The fourth-order valence-electron chi connectivity index (χ4n) is 2.37. The van der Waals surface area contributed by atoms with Crippen LogP contribution in [0.1, 0.15) is 22.5 Å². The Kier molecular flexibility index (Phi) is 4.29. The van der Waals surface area contributed by atoms with Gasteiger partial charge in [0.05, 0.1) is 5.69 Å². The summed E-state index contributed by atoms with van der Waals surface area (Å²) in [5.74, 6) is -0.562. The molecule has 5 nitrogen and oxygen atoms in total. The van der Waals surface area contributed by atoms with Gasteiger partial charge < -0.3 is 10.2 Å². The first kappa shape index (κ1) is 15.7. The van der Waals surface area contributed by atoms with Gasteiger partial charge in [0, 0.05) is 12.0 Å². The average molecular weight is 326 g/mol. The number of carbonyl (C=O) groups excluding carboxylic acids is 1. The molecule has 0 bridgehead atoms. The van der Waals surface area contributed by atoms with Crippen LogP contribution in [0.15, 0.2) is 48.5 Å². The van der Waals surface area contributed by atoms with Gasteiger partial charge in [-0.15, -0.1) is 0 Å². The Hall–Kier alpha value is -3.15. The van der Waals surface area contributed by atoms with Crippen LogP contribution in [0.5, 0.6) is 11.5 Å². The summed E-state index contributed by atoms with van der Waals surface area (Å²) in [4.78, 5) is 12.2. The summed E-state index contributed by atoms with van der Waals surface area (Å²) >= 11 is 0. The van der Waals surface area contributed by atoms with Gasteiger partial charge in [-0.25, -0.2) is 4.39 Å². The van der Waals surface area contributed by atoms with Crippen molar-refractivity contribution in [2.75, 3.05) is 0 Å². The number of aromatic hydroxyl groups is 2. The monoisotopic (exact) mass is 326 g/mol. The lowest BCUT2D eigenvalue weighted by molar-refractivity contribution is 0.0978. The van der Waals surface area contributed by atoms with E-state index in [0.717, 1.165) is 17.7 Å². The highest BCUT2D eigenvalue weighted by Gasteiger charge is 2.14. The van der Waals surface area contributed by atoms with Crippen molar-refractivity contribution in [3.63, 3.8) is 0 Å². The van der Waals surface area contributed by atoms with E-state index in [1.165, 1.54) is 12.1 Å². The van der Waals surface area contributed by atoms with E-state index in [1.54, 1.807) is 24.3 Å². The highest BCUT2D eigenvalue weighted by Crippen LogP contribution is 2.28. The molecule has 24 heavy (non-hydrogen) atoms. The molecular formula is C18H15FN2O3. The third kappa shape index (κ3) is 3.43. The Balaban J connectivity index is 1.71. The minimum absolute atomic E-state index is 0.106. The Morgan fingerprint density at radius 2 is 1.83 bits per heavy atom. The van der Waals surface area contributed by atoms with Crippen LogP contribution in [0.4, 0.5) is 4.39 Å². The third-order valence-electron chi connectivity index (χ3n) is 3.69. The van der Waals surface area contributed by atoms with Gasteiger partial charge in [0.1, 0.15) is 23.0 Å². The second kappa shape index (κ2) is 6.54. The van der Waals surface area contributed by atoms with E-state index < -0.39 is 5.82 Å². The van der Waals surface area contributed by atoms with E-state index in [1.807, 2.05) is 0 Å². The van der Waals surface area contributed by atoms with Crippen LogP contribution in [-0.4, -0.2) is 26.2 Å².